The van der Waals surface area contributed by atoms with E-state index in [1.165, 1.54) is 5.56 Å². The number of nitrogens with zero attached hydrogens (tertiary/aromatic N) is 1. The number of rotatable bonds is 5. The molecule has 28 heavy (non-hydrogen) atoms. The largest absolute Gasteiger partial charge is 0.349 e. The summed E-state index contributed by atoms with van der Waals surface area (Å²) in [5.41, 5.74) is 2.82. The van der Waals surface area contributed by atoms with Crippen LogP contribution < -0.4 is 5.32 Å². The fourth-order valence-electron chi connectivity index (χ4n) is 3.24. The Morgan fingerprint density at radius 1 is 1.00 bits per heavy atom. The van der Waals surface area contributed by atoms with Crippen LogP contribution in [-0.4, -0.2) is 10.5 Å². The first kappa shape index (κ1) is 18.8. The number of aromatic nitrogens is 1. The SMILES string of the molecule is O=C(Cc1ccccc1Cl)Nc1cc(Br)c2cn(Cc3ccccc3)cc2c1. The van der Waals surface area contributed by atoms with Gasteiger partial charge in [-0.15, -0.1) is 0 Å². The molecule has 3 aromatic carbocycles. The smallest absolute Gasteiger partial charge is 0.228 e. The van der Waals surface area contributed by atoms with Gasteiger partial charge in [-0.1, -0.05) is 76.1 Å². The molecule has 1 N–H and O–H groups in total. The maximum atomic E-state index is 12.4. The van der Waals surface area contributed by atoms with E-state index in [1.807, 2.05) is 48.5 Å². The maximum Gasteiger partial charge on any atom is 0.228 e. The number of amides is 1. The third kappa shape index (κ3) is 4.29. The summed E-state index contributed by atoms with van der Waals surface area (Å²) in [4.78, 5) is 12.4. The van der Waals surface area contributed by atoms with E-state index in [1.54, 1.807) is 6.07 Å². The summed E-state index contributed by atoms with van der Waals surface area (Å²) in [6.45, 7) is 0.802. The van der Waals surface area contributed by atoms with Gasteiger partial charge in [-0.2, -0.15) is 0 Å². The van der Waals surface area contributed by atoms with Gasteiger partial charge < -0.3 is 9.88 Å². The van der Waals surface area contributed by atoms with Gasteiger partial charge in [-0.25, -0.2) is 0 Å². The summed E-state index contributed by atoms with van der Waals surface area (Å²) in [5.74, 6) is -0.0944. The highest BCUT2D eigenvalue weighted by molar-refractivity contribution is 9.10. The van der Waals surface area contributed by atoms with Crippen molar-refractivity contribution in [2.45, 2.75) is 13.0 Å². The molecule has 140 valence electrons. The molecule has 0 aliphatic rings. The number of nitrogens with one attached hydrogen (secondary N) is 1. The van der Waals surface area contributed by atoms with Crippen molar-refractivity contribution in [2.75, 3.05) is 5.32 Å². The van der Waals surface area contributed by atoms with Crippen LogP contribution >= 0.6 is 27.5 Å². The monoisotopic (exact) mass is 452 g/mol. The third-order valence-corrected chi connectivity index (χ3v) is 5.59. The van der Waals surface area contributed by atoms with Gasteiger partial charge in [-0.05, 0) is 29.3 Å². The lowest BCUT2D eigenvalue weighted by Gasteiger charge is -2.08. The first-order valence-corrected chi connectivity index (χ1v) is 10.1. The minimum atomic E-state index is -0.0944. The first-order valence-electron chi connectivity index (χ1n) is 8.95. The number of anilines is 1. The number of carbonyl (C=O) groups excluding carboxylic acids is 1. The van der Waals surface area contributed by atoms with Gasteiger partial charge in [0, 0.05) is 44.9 Å². The Morgan fingerprint density at radius 3 is 2.54 bits per heavy atom. The lowest BCUT2D eigenvalue weighted by molar-refractivity contribution is -0.115. The molecule has 0 saturated heterocycles. The van der Waals surface area contributed by atoms with Crippen molar-refractivity contribution in [3.63, 3.8) is 0 Å². The average Bonchev–Trinajstić information content (AvgIpc) is 3.07. The van der Waals surface area contributed by atoms with Crippen LogP contribution in [0.25, 0.3) is 10.8 Å². The zero-order valence-corrected chi connectivity index (χ0v) is 17.4. The molecule has 1 aromatic heterocycles. The van der Waals surface area contributed by atoms with E-state index in [-0.39, 0.29) is 12.3 Å². The van der Waals surface area contributed by atoms with Gasteiger partial charge in [0.25, 0.3) is 0 Å². The fourth-order valence-corrected chi connectivity index (χ4v) is 4.02. The van der Waals surface area contributed by atoms with Crippen LogP contribution in [0.15, 0.2) is 83.6 Å². The third-order valence-electron chi connectivity index (χ3n) is 4.56. The molecule has 0 atom stereocenters. The van der Waals surface area contributed by atoms with Crippen molar-refractivity contribution >= 4 is 49.9 Å². The second-order valence-electron chi connectivity index (χ2n) is 6.69. The Labute approximate surface area is 177 Å². The molecule has 4 aromatic rings. The van der Waals surface area contributed by atoms with E-state index >= 15 is 0 Å². The number of benzene rings is 3. The molecule has 0 aliphatic heterocycles. The molecular weight excluding hydrogens is 436 g/mol. The van der Waals surface area contributed by atoms with Crippen molar-refractivity contribution in [3.05, 3.63) is 99.7 Å². The van der Waals surface area contributed by atoms with Crippen LogP contribution in [0.3, 0.4) is 0 Å². The second kappa shape index (κ2) is 8.21. The normalized spacial score (nSPS) is 10.9. The Bertz CT molecular complexity index is 1140. The standard InChI is InChI=1S/C23H18BrClN2O/c24-21-12-19(26-23(28)11-17-8-4-5-9-22(17)25)10-18-14-27(15-20(18)21)13-16-6-2-1-3-7-16/h1-10,12,14-15H,11,13H2,(H,26,28). The lowest BCUT2D eigenvalue weighted by Crippen LogP contribution is -2.14. The molecule has 0 fully saturated rings. The highest BCUT2D eigenvalue weighted by Crippen LogP contribution is 2.29. The van der Waals surface area contributed by atoms with Crippen molar-refractivity contribution in [1.82, 2.24) is 4.57 Å². The molecule has 1 heterocycles. The number of fused-ring (bicyclic) bond motifs is 1. The number of hydrogen-bond acceptors (Lipinski definition) is 1. The van der Waals surface area contributed by atoms with Crippen molar-refractivity contribution in [1.29, 1.82) is 0 Å². The van der Waals surface area contributed by atoms with Crippen LogP contribution in [0, 0.1) is 0 Å². The van der Waals surface area contributed by atoms with Crippen LogP contribution in [-0.2, 0) is 17.8 Å². The van der Waals surface area contributed by atoms with Gasteiger partial charge >= 0.3 is 0 Å². The summed E-state index contributed by atoms with van der Waals surface area (Å²) < 4.78 is 3.10. The van der Waals surface area contributed by atoms with Gasteiger partial charge in [-0.3, -0.25) is 4.79 Å². The fraction of sp³-hybridized carbons (Fsp3) is 0.0870. The summed E-state index contributed by atoms with van der Waals surface area (Å²) in [7, 11) is 0. The lowest BCUT2D eigenvalue weighted by atomic mass is 10.1. The minimum Gasteiger partial charge on any atom is -0.349 e. The van der Waals surface area contributed by atoms with Crippen LogP contribution in [0.4, 0.5) is 5.69 Å². The van der Waals surface area contributed by atoms with Crippen molar-refractivity contribution in [3.8, 4) is 0 Å². The van der Waals surface area contributed by atoms with Crippen molar-refractivity contribution in [2.24, 2.45) is 0 Å². The number of carbonyl (C=O) groups is 1. The van der Waals surface area contributed by atoms with E-state index in [9.17, 15) is 4.79 Å². The second-order valence-corrected chi connectivity index (χ2v) is 7.96. The highest BCUT2D eigenvalue weighted by Gasteiger charge is 2.10. The van der Waals surface area contributed by atoms with E-state index in [0.717, 1.165) is 33.0 Å². The van der Waals surface area contributed by atoms with E-state index in [0.29, 0.717) is 5.02 Å². The number of hydrogen-bond donors (Lipinski definition) is 1. The summed E-state index contributed by atoms with van der Waals surface area (Å²) in [5, 5.41) is 5.76. The zero-order valence-electron chi connectivity index (χ0n) is 15.0. The van der Waals surface area contributed by atoms with E-state index in [4.69, 9.17) is 11.6 Å². The quantitative estimate of drug-likeness (QED) is 0.379. The molecule has 4 rings (SSSR count). The molecule has 0 aliphatic carbocycles. The average molecular weight is 454 g/mol. The molecule has 3 nitrogen and oxygen atoms in total. The zero-order chi connectivity index (χ0) is 19.5. The Hall–Kier alpha value is -2.56. The van der Waals surface area contributed by atoms with Crippen LogP contribution in [0.1, 0.15) is 11.1 Å². The van der Waals surface area contributed by atoms with Crippen LogP contribution in [0.2, 0.25) is 5.02 Å². The van der Waals surface area contributed by atoms with Gasteiger partial charge in [0.05, 0.1) is 6.42 Å². The minimum absolute atomic E-state index is 0.0944. The van der Waals surface area contributed by atoms with Gasteiger partial charge in [0.2, 0.25) is 5.91 Å². The molecule has 0 saturated carbocycles. The molecule has 0 unspecified atom stereocenters. The summed E-state index contributed by atoms with van der Waals surface area (Å²) in [6.07, 6.45) is 4.45. The first-order chi connectivity index (χ1) is 13.6. The van der Waals surface area contributed by atoms with Crippen LogP contribution in [0.5, 0.6) is 0 Å². The highest BCUT2D eigenvalue weighted by atomic mass is 79.9. The number of halogens is 2. The maximum absolute atomic E-state index is 12.4. The van der Waals surface area contributed by atoms with E-state index < -0.39 is 0 Å². The Morgan fingerprint density at radius 2 is 1.75 bits per heavy atom. The molecule has 1 amide bonds. The summed E-state index contributed by atoms with van der Waals surface area (Å²) in [6, 6.07) is 21.6. The topological polar surface area (TPSA) is 34.0 Å². The predicted molar refractivity (Wildman–Crippen MR) is 119 cm³/mol. The van der Waals surface area contributed by atoms with Gasteiger partial charge in [0.1, 0.15) is 0 Å². The molecule has 5 heteroatoms. The molecular formula is C23H18BrClN2O. The Kier molecular flexibility index (Phi) is 5.51. The molecule has 0 bridgehead atoms. The molecule has 0 spiro atoms. The van der Waals surface area contributed by atoms with Crippen molar-refractivity contribution < 1.29 is 4.79 Å². The van der Waals surface area contributed by atoms with E-state index in [2.05, 4.69) is 50.3 Å². The summed E-state index contributed by atoms with van der Waals surface area (Å²) >= 11 is 9.78. The molecule has 0 radical (unpaired) electrons. The predicted octanol–water partition coefficient (Wildman–Crippen LogP) is 6.29. The van der Waals surface area contributed by atoms with Gasteiger partial charge in [0.15, 0.2) is 0 Å². The Balaban J connectivity index is 1.53.